The smallest absolute Gasteiger partial charge is 0.420 e. The first-order valence-electron chi connectivity index (χ1n) is 9.61. The van der Waals surface area contributed by atoms with Crippen molar-refractivity contribution in [3.63, 3.8) is 0 Å². The van der Waals surface area contributed by atoms with E-state index in [1.54, 1.807) is 13.2 Å². The predicted molar refractivity (Wildman–Crippen MR) is 114 cm³/mol. The Kier molecular flexibility index (Phi) is 7.20. The topological polar surface area (TPSA) is 43.4 Å². The Bertz CT molecular complexity index is 956. The van der Waals surface area contributed by atoms with Crippen molar-refractivity contribution < 1.29 is 22.6 Å². The van der Waals surface area contributed by atoms with E-state index in [0.717, 1.165) is 42.3 Å². The minimum Gasteiger partial charge on any atom is -0.497 e. The number of anilines is 2. The molecule has 0 bridgehead atoms. The summed E-state index contributed by atoms with van der Waals surface area (Å²) in [5.41, 5.74) is 1.14. The molecule has 0 saturated heterocycles. The van der Waals surface area contributed by atoms with E-state index in [4.69, 9.17) is 9.47 Å². The normalized spacial score (nSPS) is 11.4. The monoisotopic (exact) mass is 436 g/mol. The predicted octanol–water partition coefficient (Wildman–Crippen LogP) is 7.15. The molecule has 0 fully saturated rings. The van der Waals surface area contributed by atoms with E-state index in [-0.39, 0.29) is 12.4 Å². The number of nitrogens with zero attached hydrogens (tertiary/aromatic N) is 1. The first kappa shape index (κ1) is 22.0. The zero-order chi connectivity index (χ0) is 21.6. The van der Waals surface area contributed by atoms with Crippen molar-refractivity contribution in [3.05, 3.63) is 53.4 Å². The highest BCUT2D eigenvalue weighted by Crippen LogP contribution is 2.39. The van der Waals surface area contributed by atoms with E-state index < -0.39 is 11.7 Å². The van der Waals surface area contributed by atoms with E-state index >= 15 is 0 Å². The summed E-state index contributed by atoms with van der Waals surface area (Å²) in [6.45, 7) is 2.29. The zero-order valence-electron chi connectivity index (χ0n) is 16.8. The molecular formula is C22H23F3N2O2S. The van der Waals surface area contributed by atoms with Gasteiger partial charge in [-0.2, -0.15) is 13.2 Å². The number of halogens is 3. The summed E-state index contributed by atoms with van der Waals surface area (Å²) in [6, 6.07) is 11.4. The number of rotatable bonds is 9. The quantitative estimate of drug-likeness (QED) is 0.362. The Hall–Kier alpha value is -2.74. The highest BCUT2D eigenvalue weighted by molar-refractivity contribution is 7.14. The molecule has 0 spiro atoms. The molecule has 1 heterocycles. The Balaban J connectivity index is 1.75. The summed E-state index contributed by atoms with van der Waals surface area (Å²) in [4.78, 5) is 4.47. The third-order valence-corrected chi connectivity index (χ3v) is 5.19. The number of nitrogens with one attached hydrogen (secondary N) is 1. The molecule has 1 aromatic heterocycles. The molecule has 8 heteroatoms. The number of benzene rings is 2. The van der Waals surface area contributed by atoms with Crippen LogP contribution in [0.25, 0.3) is 11.3 Å². The molecule has 160 valence electrons. The summed E-state index contributed by atoms with van der Waals surface area (Å²) < 4.78 is 51.0. The van der Waals surface area contributed by atoms with Crippen LogP contribution in [0.3, 0.4) is 0 Å². The van der Waals surface area contributed by atoms with Gasteiger partial charge in [0.1, 0.15) is 11.5 Å². The second-order valence-corrected chi connectivity index (χ2v) is 7.51. The lowest BCUT2D eigenvalue weighted by Crippen LogP contribution is -2.10. The molecule has 3 aromatic rings. The van der Waals surface area contributed by atoms with Crippen LogP contribution in [0, 0.1) is 0 Å². The lowest BCUT2D eigenvalue weighted by Gasteiger charge is -2.15. The zero-order valence-corrected chi connectivity index (χ0v) is 17.6. The van der Waals surface area contributed by atoms with Gasteiger partial charge >= 0.3 is 6.18 Å². The Morgan fingerprint density at radius 2 is 1.83 bits per heavy atom. The molecule has 0 saturated carbocycles. The van der Waals surface area contributed by atoms with Gasteiger partial charge in [0, 0.05) is 16.6 Å². The van der Waals surface area contributed by atoms with Gasteiger partial charge in [-0.15, -0.1) is 11.3 Å². The maximum atomic E-state index is 13.5. The van der Waals surface area contributed by atoms with Gasteiger partial charge in [-0.05, 0) is 48.9 Å². The molecule has 2 aromatic carbocycles. The van der Waals surface area contributed by atoms with E-state index in [2.05, 4.69) is 10.3 Å². The average molecular weight is 436 g/mol. The summed E-state index contributed by atoms with van der Waals surface area (Å²) in [5, 5.41) is 5.31. The van der Waals surface area contributed by atoms with Crippen LogP contribution in [-0.4, -0.2) is 18.7 Å². The summed E-state index contributed by atoms with van der Waals surface area (Å²) in [5.74, 6) is 0.589. The molecule has 0 amide bonds. The largest absolute Gasteiger partial charge is 0.497 e. The van der Waals surface area contributed by atoms with Crippen LogP contribution in [0.15, 0.2) is 47.8 Å². The van der Waals surface area contributed by atoms with Crippen molar-refractivity contribution in [3.8, 4) is 22.8 Å². The van der Waals surface area contributed by atoms with Gasteiger partial charge in [-0.25, -0.2) is 4.98 Å². The van der Waals surface area contributed by atoms with Crippen molar-refractivity contribution in [1.82, 2.24) is 4.98 Å². The van der Waals surface area contributed by atoms with Gasteiger partial charge in [-0.3, -0.25) is 0 Å². The highest BCUT2D eigenvalue weighted by atomic mass is 32.1. The van der Waals surface area contributed by atoms with Gasteiger partial charge in [0.15, 0.2) is 5.13 Å². The van der Waals surface area contributed by atoms with E-state index in [9.17, 15) is 13.2 Å². The van der Waals surface area contributed by atoms with Gasteiger partial charge in [0.05, 0.1) is 25.0 Å². The van der Waals surface area contributed by atoms with Crippen molar-refractivity contribution in [2.45, 2.75) is 32.4 Å². The van der Waals surface area contributed by atoms with Crippen LogP contribution in [0.5, 0.6) is 11.5 Å². The van der Waals surface area contributed by atoms with E-state index in [1.165, 1.54) is 17.4 Å². The van der Waals surface area contributed by atoms with Crippen LogP contribution < -0.4 is 14.8 Å². The molecule has 1 N–H and O–H groups in total. The highest BCUT2D eigenvalue weighted by Gasteiger charge is 2.34. The molecule has 30 heavy (non-hydrogen) atoms. The van der Waals surface area contributed by atoms with Gasteiger partial charge in [-0.1, -0.05) is 19.8 Å². The molecular weight excluding hydrogens is 413 g/mol. The second-order valence-electron chi connectivity index (χ2n) is 6.66. The van der Waals surface area contributed by atoms with Crippen LogP contribution >= 0.6 is 11.3 Å². The summed E-state index contributed by atoms with van der Waals surface area (Å²) in [6.07, 6.45) is -1.89. The van der Waals surface area contributed by atoms with E-state index in [0.29, 0.717) is 10.8 Å². The molecule has 0 aliphatic carbocycles. The fourth-order valence-corrected chi connectivity index (χ4v) is 3.58. The van der Waals surface area contributed by atoms with E-state index in [1.807, 2.05) is 36.6 Å². The number of aromatic nitrogens is 1. The number of unbranched alkanes of at least 4 members (excludes halogenated alkanes) is 2. The SMILES string of the molecule is CCCCCOc1ccc(Nc2nc(-c3ccc(OC)cc3)cs2)cc1C(F)(F)F. The lowest BCUT2D eigenvalue weighted by molar-refractivity contribution is -0.138. The molecule has 4 nitrogen and oxygen atoms in total. The van der Waals surface area contributed by atoms with Crippen LogP contribution in [0.4, 0.5) is 24.0 Å². The molecule has 0 unspecified atom stereocenters. The number of alkyl halides is 3. The summed E-state index contributed by atoms with van der Waals surface area (Å²) in [7, 11) is 1.59. The first-order chi connectivity index (χ1) is 14.4. The maximum Gasteiger partial charge on any atom is 0.420 e. The number of hydrogen-bond acceptors (Lipinski definition) is 5. The molecule has 0 radical (unpaired) electrons. The number of thiazole rings is 1. The fraction of sp³-hybridized carbons (Fsp3) is 0.318. The maximum absolute atomic E-state index is 13.5. The van der Waals surface area contributed by atoms with Crippen LogP contribution in [0.1, 0.15) is 31.7 Å². The van der Waals surface area contributed by atoms with Gasteiger partial charge in [0.25, 0.3) is 0 Å². The van der Waals surface area contributed by atoms with Gasteiger partial charge < -0.3 is 14.8 Å². The molecule has 0 aliphatic rings. The van der Waals surface area contributed by atoms with Crippen molar-refractivity contribution in [1.29, 1.82) is 0 Å². The second kappa shape index (κ2) is 9.84. The van der Waals surface area contributed by atoms with Gasteiger partial charge in [0.2, 0.25) is 0 Å². The Labute approximate surface area is 177 Å². The lowest BCUT2D eigenvalue weighted by atomic mass is 10.1. The third kappa shape index (κ3) is 5.66. The summed E-state index contributed by atoms with van der Waals surface area (Å²) >= 11 is 1.32. The number of ether oxygens (including phenoxy) is 2. The minimum atomic E-state index is -4.51. The third-order valence-electron chi connectivity index (χ3n) is 4.43. The Morgan fingerprint density at radius 1 is 1.07 bits per heavy atom. The standard InChI is InChI=1S/C22H23F3N2O2S/c1-3-4-5-12-29-20-11-8-16(13-18(20)22(23,24)25)26-21-27-19(14-30-21)15-6-9-17(28-2)10-7-15/h6-11,13-14H,3-5,12H2,1-2H3,(H,26,27). The Morgan fingerprint density at radius 3 is 2.50 bits per heavy atom. The van der Waals surface area contributed by atoms with Crippen LogP contribution in [-0.2, 0) is 6.18 Å². The first-order valence-corrected chi connectivity index (χ1v) is 10.5. The minimum absolute atomic E-state index is 0.151. The average Bonchev–Trinajstić information content (AvgIpc) is 3.20. The molecule has 0 aliphatic heterocycles. The number of methoxy groups -OCH3 is 1. The fourth-order valence-electron chi connectivity index (χ4n) is 2.84. The molecule has 3 rings (SSSR count). The molecule has 0 atom stereocenters. The van der Waals surface area contributed by atoms with Crippen LogP contribution in [0.2, 0.25) is 0 Å². The van der Waals surface area contributed by atoms with Crippen molar-refractivity contribution >= 4 is 22.2 Å². The van der Waals surface area contributed by atoms with Crippen molar-refractivity contribution in [2.75, 3.05) is 19.0 Å². The number of hydrogen-bond donors (Lipinski definition) is 1. The van der Waals surface area contributed by atoms with Crippen molar-refractivity contribution in [2.24, 2.45) is 0 Å².